The third-order valence-corrected chi connectivity index (χ3v) is 4.37. The average molecular weight is 322 g/mol. The van der Waals surface area contributed by atoms with Crippen molar-refractivity contribution in [2.75, 3.05) is 60.1 Å². The molecule has 5 nitrogen and oxygen atoms in total. The van der Waals surface area contributed by atoms with E-state index in [9.17, 15) is 5.11 Å². The highest BCUT2D eigenvalue weighted by atomic mass is 16.5. The molecule has 1 heterocycles. The maximum absolute atomic E-state index is 10.3. The zero-order valence-corrected chi connectivity index (χ0v) is 14.6. The minimum atomic E-state index is -0.318. The summed E-state index contributed by atoms with van der Waals surface area (Å²) in [5.41, 5.74) is 1.29. The van der Waals surface area contributed by atoms with Gasteiger partial charge in [-0.25, -0.2) is 0 Å². The molecule has 0 aliphatic carbocycles. The molecule has 0 bridgehead atoms. The van der Waals surface area contributed by atoms with E-state index >= 15 is 0 Å². The molecule has 0 radical (unpaired) electrons. The van der Waals surface area contributed by atoms with E-state index in [0.29, 0.717) is 12.5 Å². The lowest BCUT2D eigenvalue weighted by Crippen LogP contribution is -2.44. The number of methoxy groups -OCH3 is 1. The summed E-state index contributed by atoms with van der Waals surface area (Å²) >= 11 is 0. The van der Waals surface area contributed by atoms with Gasteiger partial charge in [-0.05, 0) is 30.7 Å². The Hall–Kier alpha value is -1.14. The second-order valence-corrected chi connectivity index (χ2v) is 6.46. The first-order valence-corrected chi connectivity index (χ1v) is 8.39. The molecule has 5 heteroatoms. The first-order valence-electron chi connectivity index (χ1n) is 8.39. The van der Waals surface area contributed by atoms with E-state index in [1.54, 1.807) is 7.11 Å². The van der Waals surface area contributed by atoms with Gasteiger partial charge in [0.05, 0.1) is 26.4 Å². The fourth-order valence-electron chi connectivity index (χ4n) is 3.08. The molecule has 0 saturated carbocycles. The Morgan fingerprint density at radius 1 is 1.22 bits per heavy atom. The highest BCUT2D eigenvalue weighted by molar-refractivity contribution is 5.29. The van der Waals surface area contributed by atoms with Crippen LogP contribution in [-0.2, 0) is 4.74 Å². The zero-order valence-electron chi connectivity index (χ0n) is 14.6. The van der Waals surface area contributed by atoms with Gasteiger partial charge in [-0.15, -0.1) is 0 Å². The topological polar surface area (TPSA) is 45.2 Å². The average Bonchev–Trinajstić information content (AvgIpc) is 2.55. The maximum atomic E-state index is 10.3. The van der Waals surface area contributed by atoms with E-state index in [-0.39, 0.29) is 6.10 Å². The molecule has 2 rings (SSSR count). The Morgan fingerprint density at radius 2 is 1.87 bits per heavy atom. The third-order valence-electron chi connectivity index (χ3n) is 4.37. The van der Waals surface area contributed by atoms with Gasteiger partial charge in [-0.3, -0.25) is 4.90 Å². The predicted octanol–water partition coefficient (Wildman–Crippen LogP) is 1.42. The molecule has 1 saturated heterocycles. The number of rotatable bonds is 8. The smallest absolute Gasteiger partial charge is 0.118 e. The van der Waals surface area contributed by atoms with Crippen molar-refractivity contribution in [2.45, 2.75) is 18.9 Å². The molecule has 0 spiro atoms. The van der Waals surface area contributed by atoms with Crippen LogP contribution in [0, 0.1) is 0 Å². The van der Waals surface area contributed by atoms with Crippen LogP contribution in [0.3, 0.4) is 0 Å². The Bertz CT molecular complexity index is 446. The van der Waals surface area contributed by atoms with Crippen LogP contribution in [0.2, 0.25) is 0 Å². The van der Waals surface area contributed by atoms with Crippen LogP contribution in [0.5, 0.6) is 5.75 Å². The fraction of sp³-hybridized carbons (Fsp3) is 0.667. The second-order valence-electron chi connectivity index (χ2n) is 6.46. The molecule has 1 aromatic rings. The summed E-state index contributed by atoms with van der Waals surface area (Å²) in [6, 6.07) is 8.22. The molecule has 1 fully saturated rings. The van der Waals surface area contributed by atoms with Gasteiger partial charge in [0, 0.05) is 32.7 Å². The lowest BCUT2D eigenvalue weighted by atomic mass is 10.0. The molecule has 23 heavy (non-hydrogen) atoms. The van der Waals surface area contributed by atoms with E-state index in [4.69, 9.17) is 9.47 Å². The molecule has 0 aromatic heterocycles. The number of nitrogens with zero attached hydrogens (tertiary/aromatic N) is 2. The normalized spacial score (nSPS) is 18.8. The summed E-state index contributed by atoms with van der Waals surface area (Å²) in [6.07, 6.45) is -0.318. The van der Waals surface area contributed by atoms with Gasteiger partial charge in [0.1, 0.15) is 5.75 Å². The lowest BCUT2D eigenvalue weighted by Gasteiger charge is -2.30. The summed E-state index contributed by atoms with van der Waals surface area (Å²) in [7, 11) is 3.75. The Balaban J connectivity index is 1.74. The number of aliphatic hydroxyl groups excluding tert-OH is 1. The monoisotopic (exact) mass is 322 g/mol. The summed E-state index contributed by atoms with van der Waals surface area (Å²) in [5, 5.41) is 10.3. The highest BCUT2D eigenvalue weighted by Crippen LogP contribution is 2.19. The summed E-state index contributed by atoms with van der Waals surface area (Å²) in [4.78, 5) is 4.48. The molecule has 1 aliphatic heterocycles. The molecule has 2 atom stereocenters. The van der Waals surface area contributed by atoms with Crippen molar-refractivity contribution in [3.63, 3.8) is 0 Å². The maximum Gasteiger partial charge on any atom is 0.118 e. The number of likely N-dealkylation sites (N-methyl/N-ethyl adjacent to an activating group) is 1. The van der Waals surface area contributed by atoms with E-state index in [1.807, 2.05) is 12.1 Å². The number of ether oxygens (including phenoxy) is 2. The van der Waals surface area contributed by atoms with Crippen molar-refractivity contribution >= 4 is 0 Å². The van der Waals surface area contributed by atoms with Crippen LogP contribution in [0.4, 0.5) is 0 Å². The molecule has 1 aliphatic rings. The first kappa shape index (κ1) is 18.2. The van der Waals surface area contributed by atoms with Crippen molar-refractivity contribution < 1.29 is 14.6 Å². The summed E-state index contributed by atoms with van der Waals surface area (Å²) in [6.45, 7) is 7.95. The molecule has 2 unspecified atom stereocenters. The van der Waals surface area contributed by atoms with E-state index in [1.165, 1.54) is 5.56 Å². The van der Waals surface area contributed by atoms with E-state index in [0.717, 1.165) is 45.1 Å². The Morgan fingerprint density at radius 3 is 2.48 bits per heavy atom. The lowest BCUT2D eigenvalue weighted by molar-refractivity contribution is 0.00847. The van der Waals surface area contributed by atoms with Gasteiger partial charge in [0.2, 0.25) is 0 Å². The number of benzene rings is 1. The SMILES string of the molecule is COc1ccc(C(C)CN(C)CC(O)CN2CCOCC2)cc1. The fourth-order valence-corrected chi connectivity index (χ4v) is 3.08. The van der Waals surface area contributed by atoms with Crippen LogP contribution >= 0.6 is 0 Å². The van der Waals surface area contributed by atoms with Gasteiger partial charge in [-0.2, -0.15) is 0 Å². The van der Waals surface area contributed by atoms with Crippen molar-refractivity contribution in [3.05, 3.63) is 29.8 Å². The molecular formula is C18H30N2O3. The Labute approximate surface area is 139 Å². The number of hydrogen-bond donors (Lipinski definition) is 1. The van der Waals surface area contributed by atoms with Crippen LogP contribution < -0.4 is 4.74 Å². The van der Waals surface area contributed by atoms with E-state index < -0.39 is 0 Å². The number of hydrogen-bond acceptors (Lipinski definition) is 5. The van der Waals surface area contributed by atoms with E-state index in [2.05, 4.69) is 35.9 Å². The molecule has 0 amide bonds. The van der Waals surface area contributed by atoms with Crippen molar-refractivity contribution in [1.29, 1.82) is 0 Å². The number of β-amino-alcohol motifs (C(OH)–C–C–N with tert-alkyl or cyclic N) is 1. The largest absolute Gasteiger partial charge is 0.497 e. The van der Waals surface area contributed by atoms with Crippen molar-refractivity contribution in [1.82, 2.24) is 9.80 Å². The van der Waals surface area contributed by atoms with Gasteiger partial charge < -0.3 is 19.5 Å². The molecule has 1 N–H and O–H groups in total. The van der Waals surface area contributed by atoms with Gasteiger partial charge in [0.25, 0.3) is 0 Å². The molecule has 1 aromatic carbocycles. The standard InChI is InChI=1S/C18H30N2O3/c1-15(16-4-6-18(22-3)7-5-16)12-19(2)13-17(21)14-20-8-10-23-11-9-20/h4-7,15,17,21H,8-14H2,1-3H3. The number of aliphatic hydroxyl groups is 1. The van der Waals surface area contributed by atoms with Gasteiger partial charge in [-0.1, -0.05) is 19.1 Å². The quantitative estimate of drug-likeness (QED) is 0.784. The van der Waals surface area contributed by atoms with Crippen LogP contribution in [0.1, 0.15) is 18.4 Å². The molecular weight excluding hydrogens is 292 g/mol. The summed E-state index contributed by atoms with van der Waals surface area (Å²) < 4.78 is 10.5. The van der Waals surface area contributed by atoms with Crippen molar-refractivity contribution in [2.24, 2.45) is 0 Å². The third kappa shape index (κ3) is 6.11. The second kappa shape index (κ2) is 9.23. The highest BCUT2D eigenvalue weighted by Gasteiger charge is 2.17. The van der Waals surface area contributed by atoms with Crippen LogP contribution in [0.15, 0.2) is 24.3 Å². The summed E-state index contributed by atoms with van der Waals surface area (Å²) in [5.74, 6) is 1.30. The predicted molar refractivity (Wildman–Crippen MR) is 92.2 cm³/mol. The van der Waals surface area contributed by atoms with Gasteiger partial charge in [0.15, 0.2) is 0 Å². The first-order chi connectivity index (χ1) is 11.1. The minimum Gasteiger partial charge on any atom is -0.497 e. The molecule has 130 valence electrons. The minimum absolute atomic E-state index is 0.318. The Kier molecular flexibility index (Phi) is 7.30. The van der Waals surface area contributed by atoms with Crippen LogP contribution in [0.25, 0.3) is 0 Å². The van der Waals surface area contributed by atoms with Crippen LogP contribution in [-0.4, -0.2) is 81.1 Å². The van der Waals surface area contributed by atoms with Crippen molar-refractivity contribution in [3.8, 4) is 5.75 Å². The zero-order chi connectivity index (χ0) is 16.7. The number of morpholine rings is 1. The van der Waals surface area contributed by atoms with Gasteiger partial charge >= 0.3 is 0 Å².